The van der Waals surface area contributed by atoms with Crippen LogP contribution in [0.25, 0.3) is 0 Å². The smallest absolute Gasteiger partial charge is 0.332 e. The van der Waals surface area contributed by atoms with E-state index in [-0.39, 0.29) is 24.2 Å². The van der Waals surface area contributed by atoms with E-state index in [0.29, 0.717) is 11.1 Å². The summed E-state index contributed by atoms with van der Waals surface area (Å²) in [5, 5.41) is 18.5. The SMILES string of the molecule is Cc1ccc(C(=O)CC(Cc2ccccc2)=C(CC(=O)O)C(=O)O)cc1. The largest absolute Gasteiger partial charge is 0.481 e. The van der Waals surface area contributed by atoms with Gasteiger partial charge in [0.15, 0.2) is 5.78 Å². The number of carbonyl (C=O) groups excluding carboxylic acids is 1. The molecule has 0 atom stereocenters. The summed E-state index contributed by atoms with van der Waals surface area (Å²) in [6.45, 7) is 1.91. The Hall–Kier alpha value is -3.21. The van der Waals surface area contributed by atoms with Crippen LogP contribution in [-0.2, 0) is 16.0 Å². The Bertz CT molecular complexity index is 832. The van der Waals surface area contributed by atoms with Crippen molar-refractivity contribution in [3.05, 3.63) is 82.4 Å². The second-order valence-corrected chi connectivity index (χ2v) is 6.09. The van der Waals surface area contributed by atoms with Crippen LogP contribution in [0.5, 0.6) is 0 Å². The van der Waals surface area contributed by atoms with Crippen LogP contribution < -0.4 is 0 Å². The van der Waals surface area contributed by atoms with E-state index in [4.69, 9.17) is 5.11 Å². The Morgan fingerprint density at radius 3 is 2.00 bits per heavy atom. The number of Topliss-reactive ketones (excluding diaryl/α,β-unsaturated/α-hetero) is 1. The zero-order chi connectivity index (χ0) is 19.1. The minimum atomic E-state index is -1.31. The maximum atomic E-state index is 12.6. The van der Waals surface area contributed by atoms with Gasteiger partial charge in [0.1, 0.15) is 0 Å². The normalized spacial score (nSPS) is 11.6. The van der Waals surface area contributed by atoms with E-state index in [1.807, 2.05) is 49.4 Å². The van der Waals surface area contributed by atoms with E-state index < -0.39 is 18.4 Å². The lowest BCUT2D eigenvalue weighted by atomic mass is 9.92. The quantitative estimate of drug-likeness (QED) is 0.559. The highest BCUT2D eigenvalue weighted by Gasteiger charge is 2.20. The molecule has 2 N–H and O–H groups in total. The summed E-state index contributed by atoms with van der Waals surface area (Å²) >= 11 is 0. The molecule has 26 heavy (non-hydrogen) atoms. The Morgan fingerprint density at radius 1 is 0.846 bits per heavy atom. The number of carbonyl (C=O) groups is 3. The van der Waals surface area contributed by atoms with Gasteiger partial charge < -0.3 is 10.2 Å². The van der Waals surface area contributed by atoms with E-state index in [0.717, 1.165) is 11.1 Å². The molecule has 0 aliphatic rings. The molecule has 0 unspecified atom stereocenters. The van der Waals surface area contributed by atoms with Gasteiger partial charge in [-0.3, -0.25) is 9.59 Å². The van der Waals surface area contributed by atoms with Crippen molar-refractivity contribution >= 4 is 17.7 Å². The summed E-state index contributed by atoms with van der Waals surface area (Å²) in [7, 11) is 0. The molecule has 0 saturated carbocycles. The number of ketones is 1. The molecule has 0 heterocycles. The van der Waals surface area contributed by atoms with Crippen molar-refractivity contribution in [3.63, 3.8) is 0 Å². The maximum Gasteiger partial charge on any atom is 0.332 e. The molecule has 0 spiro atoms. The lowest BCUT2D eigenvalue weighted by Crippen LogP contribution is -2.14. The standard InChI is InChI=1S/C21H20O5/c1-14-7-9-16(10-8-14)19(22)12-17(11-15-5-3-2-4-6-15)18(21(25)26)13-20(23)24/h2-10H,11-13H2,1H3,(H,23,24)(H,25,26). The minimum Gasteiger partial charge on any atom is -0.481 e. The molecule has 0 aliphatic heterocycles. The lowest BCUT2D eigenvalue weighted by Gasteiger charge is -2.12. The van der Waals surface area contributed by atoms with Gasteiger partial charge in [-0.15, -0.1) is 0 Å². The van der Waals surface area contributed by atoms with Crippen molar-refractivity contribution in [1.82, 2.24) is 0 Å². The van der Waals surface area contributed by atoms with E-state index >= 15 is 0 Å². The first kappa shape index (κ1) is 19.1. The number of hydrogen-bond donors (Lipinski definition) is 2. The average molecular weight is 352 g/mol. The zero-order valence-electron chi connectivity index (χ0n) is 14.4. The zero-order valence-corrected chi connectivity index (χ0v) is 14.4. The molecular weight excluding hydrogens is 332 g/mol. The van der Waals surface area contributed by atoms with Crippen molar-refractivity contribution in [2.24, 2.45) is 0 Å². The molecule has 5 heteroatoms. The summed E-state index contributed by atoms with van der Waals surface area (Å²) in [6.07, 6.45) is -0.543. The number of benzene rings is 2. The molecule has 0 fully saturated rings. The Labute approximate surface area is 151 Å². The van der Waals surface area contributed by atoms with Crippen LogP contribution in [0.4, 0.5) is 0 Å². The van der Waals surface area contributed by atoms with Gasteiger partial charge in [0.25, 0.3) is 0 Å². The molecule has 2 rings (SSSR count). The third kappa shape index (κ3) is 5.41. The van der Waals surface area contributed by atoms with Gasteiger partial charge in [0.2, 0.25) is 0 Å². The molecule has 5 nitrogen and oxygen atoms in total. The van der Waals surface area contributed by atoms with Gasteiger partial charge in [-0.05, 0) is 24.5 Å². The van der Waals surface area contributed by atoms with Crippen molar-refractivity contribution in [2.45, 2.75) is 26.2 Å². The predicted octanol–water partition coefficient (Wildman–Crippen LogP) is 3.67. The fourth-order valence-electron chi connectivity index (χ4n) is 2.66. The van der Waals surface area contributed by atoms with Gasteiger partial charge in [0, 0.05) is 17.6 Å². The van der Waals surface area contributed by atoms with Crippen molar-refractivity contribution < 1.29 is 24.6 Å². The average Bonchev–Trinajstić information content (AvgIpc) is 2.60. The molecule has 0 radical (unpaired) electrons. The molecule has 0 saturated heterocycles. The Morgan fingerprint density at radius 2 is 1.46 bits per heavy atom. The van der Waals surface area contributed by atoms with Crippen molar-refractivity contribution in [1.29, 1.82) is 0 Å². The molecule has 0 amide bonds. The first-order valence-corrected chi connectivity index (χ1v) is 8.16. The van der Waals surface area contributed by atoms with Gasteiger partial charge in [-0.25, -0.2) is 4.79 Å². The number of rotatable bonds is 8. The number of carboxylic acids is 2. The Kier molecular flexibility index (Phi) is 6.44. The molecular formula is C21H20O5. The highest BCUT2D eigenvalue weighted by molar-refractivity contribution is 6.00. The summed E-state index contributed by atoms with van der Waals surface area (Å²) in [6, 6.07) is 16.1. The second kappa shape index (κ2) is 8.76. The van der Waals surface area contributed by atoms with Crippen LogP contribution in [0.3, 0.4) is 0 Å². The monoisotopic (exact) mass is 352 g/mol. The van der Waals surface area contributed by atoms with Crippen LogP contribution in [0.2, 0.25) is 0 Å². The number of aliphatic carboxylic acids is 2. The van der Waals surface area contributed by atoms with Crippen LogP contribution in [0, 0.1) is 6.92 Å². The fourth-order valence-corrected chi connectivity index (χ4v) is 2.66. The van der Waals surface area contributed by atoms with Gasteiger partial charge in [0.05, 0.1) is 6.42 Å². The highest BCUT2D eigenvalue weighted by atomic mass is 16.4. The fraction of sp³-hybridized carbons (Fsp3) is 0.190. The van der Waals surface area contributed by atoms with Crippen molar-refractivity contribution in [3.8, 4) is 0 Å². The van der Waals surface area contributed by atoms with Crippen LogP contribution in [0.1, 0.15) is 34.3 Å². The van der Waals surface area contributed by atoms with E-state index in [1.54, 1.807) is 12.1 Å². The van der Waals surface area contributed by atoms with Crippen molar-refractivity contribution in [2.75, 3.05) is 0 Å². The molecule has 134 valence electrons. The molecule has 2 aromatic rings. The Balaban J connectivity index is 2.38. The van der Waals surface area contributed by atoms with Crippen LogP contribution >= 0.6 is 0 Å². The number of allylic oxidation sites excluding steroid dienone is 1. The summed E-state index contributed by atoms with van der Waals surface area (Å²) < 4.78 is 0. The maximum absolute atomic E-state index is 12.6. The third-order valence-electron chi connectivity index (χ3n) is 4.02. The van der Waals surface area contributed by atoms with E-state index in [2.05, 4.69) is 0 Å². The molecule has 0 aliphatic carbocycles. The van der Waals surface area contributed by atoms with Gasteiger partial charge >= 0.3 is 11.9 Å². The minimum absolute atomic E-state index is 0.132. The number of aryl methyl sites for hydroxylation is 1. The molecule has 0 aromatic heterocycles. The molecule has 2 aromatic carbocycles. The topological polar surface area (TPSA) is 91.7 Å². The lowest BCUT2D eigenvalue weighted by molar-refractivity contribution is -0.139. The second-order valence-electron chi connectivity index (χ2n) is 6.09. The van der Waals surface area contributed by atoms with Crippen LogP contribution in [-0.4, -0.2) is 27.9 Å². The van der Waals surface area contributed by atoms with Crippen LogP contribution in [0.15, 0.2) is 65.7 Å². The van der Waals surface area contributed by atoms with Gasteiger partial charge in [-0.1, -0.05) is 60.2 Å². The summed E-state index contributed by atoms with van der Waals surface area (Å²) in [5.41, 5.74) is 2.39. The highest BCUT2D eigenvalue weighted by Crippen LogP contribution is 2.21. The first-order chi connectivity index (χ1) is 12.4. The van der Waals surface area contributed by atoms with E-state index in [1.165, 1.54) is 0 Å². The summed E-state index contributed by atoms with van der Waals surface area (Å²) in [4.78, 5) is 35.3. The first-order valence-electron chi connectivity index (χ1n) is 8.16. The third-order valence-corrected chi connectivity index (χ3v) is 4.02. The number of hydrogen-bond acceptors (Lipinski definition) is 3. The predicted molar refractivity (Wildman–Crippen MR) is 97.2 cm³/mol. The molecule has 0 bridgehead atoms. The number of carboxylic acid groups (broad SMARTS) is 2. The van der Waals surface area contributed by atoms with E-state index in [9.17, 15) is 19.5 Å². The summed E-state index contributed by atoms with van der Waals surface area (Å²) in [5.74, 6) is -2.79. The van der Waals surface area contributed by atoms with Gasteiger partial charge in [-0.2, -0.15) is 0 Å².